The number of carbonyl (C=O) groups is 1. The minimum absolute atomic E-state index is 0.0121. The van der Waals surface area contributed by atoms with Gasteiger partial charge in [-0.05, 0) is 18.2 Å². The second-order valence-corrected chi connectivity index (χ2v) is 4.42. The van der Waals surface area contributed by atoms with E-state index in [0.717, 1.165) is 0 Å². The SMILES string of the molecule is CN(C)C(=O)c1ccc(N)c(NCC(F)(F)C(F)F)c1. The van der Waals surface area contributed by atoms with Crippen LogP contribution in [0.4, 0.5) is 28.9 Å². The maximum atomic E-state index is 12.8. The molecule has 20 heavy (non-hydrogen) atoms. The van der Waals surface area contributed by atoms with Crippen molar-refractivity contribution in [2.45, 2.75) is 12.3 Å². The number of nitrogens with one attached hydrogen (secondary N) is 1. The van der Waals surface area contributed by atoms with Crippen LogP contribution >= 0.6 is 0 Å². The summed E-state index contributed by atoms with van der Waals surface area (Å²) in [5.74, 6) is -4.53. The summed E-state index contributed by atoms with van der Waals surface area (Å²) < 4.78 is 49.7. The van der Waals surface area contributed by atoms with Crippen LogP contribution in [0.2, 0.25) is 0 Å². The first-order valence-corrected chi connectivity index (χ1v) is 5.66. The number of hydrogen-bond acceptors (Lipinski definition) is 3. The molecule has 1 aromatic rings. The first-order chi connectivity index (χ1) is 9.15. The smallest absolute Gasteiger partial charge is 0.324 e. The van der Waals surface area contributed by atoms with E-state index in [0.29, 0.717) is 0 Å². The molecular formula is C12H15F4N3O. The first kappa shape index (κ1) is 16.1. The Hall–Kier alpha value is -1.99. The summed E-state index contributed by atoms with van der Waals surface area (Å²) in [5, 5.41) is 2.14. The standard InChI is InChI=1S/C12H15F4N3O/c1-19(2)10(20)7-3-4-8(17)9(5-7)18-6-12(15,16)11(13)14/h3-5,11,18H,6,17H2,1-2H3. The lowest BCUT2D eigenvalue weighted by Crippen LogP contribution is -2.35. The number of halogens is 4. The molecule has 0 saturated heterocycles. The summed E-state index contributed by atoms with van der Waals surface area (Å²) in [5.41, 5.74) is 5.87. The molecule has 3 N–H and O–H groups in total. The average molecular weight is 293 g/mol. The van der Waals surface area contributed by atoms with Crippen molar-refractivity contribution in [3.05, 3.63) is 23.8 Å². The molecule has 0 bridgehead atoms. The van der Waals surface area contributed by atoms with Crippen LogP contribution in [0.5, 0.6) is 0 Å². The zero-order valence-electron chi connectivity index (χ0n) is 11.0. The van der Waals surface area contributed by atoms with Crippen LogP contribution in [0.1, 0.15) is 10.4 Å². The van der Waals surface area contributed by atoms with Crippen molar-refractivity contribution < 1.29 is 22.4 Å². The molecule has 0 spiro atoms. The third-order valence-corrected chi connectivity index (χ3v) is 2.54. The van der Waals surface area contributed by atoms with Crippen LogP contribution in [0.15, 0.2) is 18.2 Å². The van der Waals surface area contributed by atoms with Gasteiger partial charge in [0.05, 0.1) is 17.9 Å². The lowest BCUT2D eigenvalue weighted by atomic mass is 10.1. The largest absolute Gasteiger partial charge is 0.397 e. The zero-order chi connectivity index (χ0) is 15.5. The highest BCUT2D eigenvalue weighted by molar-refractivity contribution is 5.95. The minimum atomic E-state index is -4.17. The van der Waals surface area contributed by atoms with Gasteiger partial charge in [-0.2, -0.15) is 8.78 Å². The summed E-state index contributed by atoms with van der Waals surface area (Å²) in [6.45, 7) is -1.27. The average Bonchev–Trinajstić information content (AvgIpc) is 2.36. The van der Waals surface area contributed by atoms with Gasteiger partial charge in [-0.15, -0.1) is 0 Å². The Balaban J connectivity index is 2.90. The molecular weight excluding hydrogens is 278 g/mol. The lowest BCUT2D eigenvalue weighted by Gasteiger charge is -2.18. The fourth-order valence-electron chi connectivity index (χ4n) is 1.39. The first-order valence-electron chi connectivity index (χ1n) is 5.66. The summed E-state index contributed by atoms with van der Waals surface area (Å²) in [6, 6.07) is 4.02. The summed E-state index contributed by atoms with van der Waals surface area (Å²) >= 11 is 0. The second kappa shape index (κ2) is 5.98. The summed E-state index contributed by atoms with van der Waals surface area (Å²) in [7, 11) is 3.05. The van der Waals surface area contributed by atoms with E-state index in [2.05, 4.69) is 5.32 Å². The van der Waals surface area contributed by atoms with Crippen molar-refractivity contribution in [3.63, 3.8) is 0 Å². The number of hydrogen-bond donors (Lipinski definition) is 2. The normalized spacial score (nSPS) is 11.6. The molecule has 0 radical (unpaired) electrons. The van der Waals surface area contributed by atoms with Gasteiger partial charge < -0.3 is 16.0 Å². The zero-order valence-corrected chi connectivity index (χ0v) is 11.0. The van der Waals surface area contributed by atoms with Gasteiger partial charge in [0, 0.05) is 19.7 Å². The number of amides is 1. The van der Waals surface area contributed by atoms with E-state index in [4.69, 9.17) is 5.73 Å². The van der Waals surface area contributed by atoms with Crippen LogP contribution in [-0.2, 0) is 0 Å². The molecule has 8 heteroatoms. The van der Waals surface area contributed by atoms with Gasteiger partial charge in [0.1, 0.15) is 0 Å². The van der Waals surface area contributed by atoms with Crippen LogP contribution in [0.25, 0.3) is 0 Å². The Bertz CT molecular complexity index is 492. The predicted octanol–water partition coefficient (Wildman–Crippen LogP) is 2.28. The number of anilines is 2. The van der Waals surface area contributed by atoms with E-state index in [-0.39, 0.29) is 22.8 Å². The highest BCUT2D eigenvalue weighted by Crippen LogP contribution is 2.26. The molecule has 0 saturated carbocycles. The van der Waals surface area contributed by atoms with Gasteiger partial charge in [-0.25, -0.2) is 8.78 Å². The van der Waals surface area contributed by atoms with Gasteiger partial charge in [0.2, 0.25) is 0 Å². The Labute approximate surface area is 113 Å². The molecule has 0 fully saturated rings. The third-order valence-electron chi connectivity index (χ3n) is 2.54. The van der Waals surface area contributed by atoms with Gasteiger partial charge in [-0.3, -0.25) is 4.79 Å². The Kier molecular flexibility index (Phi) is 4.80. The molecule has 1 amide bonds. The van der Waals surface area contributed by atoms with Crippen molar-refractivity contribution in [1.29, 1.82) is 0 Å². The predicted molar refractivity (Wildman–Crippen MR) is 68.3 cm³/mol. The van der Waals surface area contributed by atoms with Gasteiger partial charge in [0.25, 0.3) is 5.91 Å². The van der Waals surface area contributed by atoms with Gasteiger partial charge in [0.15, 0.2) is 0 Å². The van der Waals surface area contributed by atoms with Crippen molar-refractivity contribution in [2.24, 2.45) is 0 Å². The number of nitrogen functional groups attached to an aromatic ring is 1. The molecule has 1 rings (SSSR count). The quantitative estimate of drug-likeness (QED) is 0.647. The van der Waals surface area contributed by atoms with Crippen molar-refractivity contribution >= 4 is 17.3 Å². The number of carbonyl (C=O) groups excluding carboxylic acids is 1. The number of nitrogens with two attached hydrogens (primary N) is 1. The molecule has 0 heterocycles. The van der Waals surface area contributed by atoms with E-state index in [1.807, 2.05) is 0 Å². The van der Waals surface area contributed by atoms with E-state index in [1.54, 1.807) is 0 Å². The summed E-state index contributed by atoms with van der Waals surface area (Å²) in [4.78, 5) is 13.0. The maximum absolute atomic E-state index is 12.8. The molecule has 0 aliphatic rings. The molecule has 0 atom stereocenters. The van der Waals surface area contributed by atoms with E-state index in [9.17, 15) is 22.4 Å². The molecule has 0 aliphatic carbocycles. The van der Waals surface area contributed by atoms with Gasteiger partial charge >= 0.3 is 12.3 Å². The Morgan fingerprint density at radius 3 is 2.50 bits per heavy atom. The van der Waals surface area contributed by atoms with E-state index in [1.165, 1.54) is 37.2 Å². The maximum Gasteiger partial charge on any atom is 0.324 e. The number of nitrogens with zero attached hydrogens (tertiary/aromatic N) is 1. The molecule has 112 valence electrons. The van der Waals surface area contributed by atoms with Crippen LogP contribution in [0.3, 0.4) is 0 Å². The van der Waals surface area contributed by atoms with Crippen LogP contribution in [0, 0.1) is 0 Å². The van der Waals surface area contributed by atoms with Crippen molar-refractivity contribution in [3.8, 4) is 0 Å². The fraction of sp³-hybridized carbons (Fsp3) is 0.417. The monoisotopic (exact) mass is 293 g/mol. The minimum Gasteiger partial charge on any atom is -0.397 e. The molecule has 0 aliphatic heterocycles. The molecule has 0 unspecified atom stereocenters. The Morgan fingerprint density at radius 2 is 2.00 bits per heavy atom. The lowest BCUT2D eigenvalue weighted by molar-refractivity contribution is -0.117. The number of alkyl halides is 4. The second-order valence-electron chi connectivity index (χ2n) is 4.42. The van der Waals surface area contributed by atoms with E-state index >= 15 is 0 Å². The summed E-state index contributed by atoms with van der Waals surface area (Å²) in [6.07, 6.45) is -3.78. The van der Waals surface area contributed by atoms with Gasteiger partial charge in [-0.1, -0.05) is 0 Å². The van der Waals surface area contributed by atoms with Crippen LogP contribution in [-0.4, -0.2) is 43.8 Å². The number of benzene rings is 1. The third kappa shape index (κ3) is 3.75. The molecule has 4 nitrogen and oxygen atoms in total. The fourth-order valence-corrected chi connectivity index (χ4v) is 1.39. The molecule has 0 aromatic heterocycles. The van der Waals surface area contributed by atoms with Crippen LogP contribution < -0.4 is 11.1 Å². The van der Waals surface area contributed by atoms with E-state index < -0.39 is 18.9 Å². The highest BCUT2D eigenvalue weighted by Gasteiger charge is 2.40. The molecule has 1 aromatic carbocycles. The van der Waals surface area contributed by atoms with Crippen molar-refractivity contribution in [1.82, 2.24) is 4.90 Å². The van der Waals surface area contributed by atoms with Crippen molar-refractivity contribution in [2.75, 3.05) is 31.7 Å². The topological polar surface area (TPSA) is 58.4 Å². The Morgan fingerprint density at radius 1 is 1.40 bits per heavy atom. The highest BCUT2D eigenvalue weighted by atomic mass is 19.3. The number of rotatable bonds is 5.